The number of benzene rings is 1. The second-order valence-corrected chi connectivity index (χ2v) is 7.25. The zero-order valence-electron chi connectivity index (χ0n) is 14.3. The van der Waals surface area contributed by atoms with Gasteiger partial charge in [-0.25, -0.2) is 0 Å². The van der Waals surface area contributed by atoms with Crippen molar-refractivity contribution in [2.75, 3.05) is 0 Å². The summed E-state index contributed by atoms with van der Waals surface area (Å²) in [5.41, 5.74) is 1.98. The summed E-state index contributed by atoms with van der Waals surface area (Å²) in [7, 11) is 0. The van der Waals surface area contributed by atoms with Crippen molar-refractivity contribution in [1.82, 2.24) is 20.1 Å². The summed E-state index contributed by atoms with van der Waals surface area (Å²) in [6.07, 6.45) is 2.08. The molecular formula is C18H24N4O. The second kappa shape index (κ2) is 5.80. The highest BCUT2D eigenvalue weighted by molar-refractivity contribution is 5.94. The van der Waals surface area contributed by atoms with E-state index in [9.17, 15) is 4.79 Å². The normalized spacial score (nSPS) is 15.3. The van der Waals surface area contributed by atoms with Gasteiger partial charge in [-0.1, -0.05) is 32.9 Å². The molecule has 122 valence electrons. The number of rotatable bonds is 3. The molecule has 0 saturated heterocycles. The molecular weight excluding hydrogens is 288 g/mol. The van der Waals surface area contributed by atoms with Crippen LogP contribution in [-0.4, -0.2) is 20.7 Å². The summed E-state index contributed by atoms with van der Waals surface area (Å²) < 4.78 is 2.12. The minimum absolute atomic E-state index is 0.0756. The third kappa shape index (κ3) is 3.14. The Morgan fingerprint density at radius 1 is 1.22 bits per heavy atom. The first kappa shape index (κ1) is 15.7. The van der Waals surface area contributed by atoms with Crippen LogP contribution in [0.3, 0.4) is 0 Å². The van der Waals surface area contributed by atoms with Gasteiger partial charge in [0.05, 0.1) is 6.04 Å². The van der Waals surface area contributed by atoms with E-state index in [1.807, 2.05) is 31.2 Å². The van der Waals surface area contributed by atoms with Crippen molar-refractivity contribution in [3.63, 3.8) is 0 Å². The lowest BCUT2D eigenvalue weighted by atomic mass is 9.86. The molecule has 0 unspecified atom stereocenters. The lowest BCUT2D eigenvalue weighted by Gasteiger charge is -2.19. The van der Waals surface area contributed by atoms with E-state index in [0.29, 0.717) is 5.56 Å². The topological polar surface area (TPSA) is 59.8 Å². The van der Waals surface area contributed by atoms with Crippen molar-refractivity contribution in [2.45, 2.75) is 58.5 Å². The maximum absolute atomic E-state index is 12.4. The van der Waals surface area contributed by atoms with E-state index in [1.54, 1.807) is 0 Å². The summed E-state index contributed by atoms with van der Waals surface area (Å²) in [5.74, 6) is 1.79. The molecule has 2 heterocycles. The van der Waals surface area contributed by atoms with Gasteiger partial charge in [0.15, 0.2) is 5.82 Å². The summed E-state index contributed by atoms with van der Waals surface area (Å²) in [4.78, 5) is 12.4. The van der Waals surface area contributed by atoms with Crippen molar-refractivity contribution < 1.29 is 4.79 Å². The van der Waals surface area contributed by atoms with Crippen LogP contribution in [0.2, 0.25) is 0 Å². The molecule has 5 heteroatoms. The molecule has 23 heavy (non-hydrogen) atoms. The highest BCUT2D eigenvalue weighted by Gasteiger charge is 2.23. The van der Waals surface area contributed by atoms with Crippen LogP contribution in [0.1, 0.15) is 67.7 Å². The Morgan fingerprint density at radius 2 is 1.91 bits per heavy atom. The number of aromatic nitrogens is 3. The largest absolute Gasteiger partial charge is 0.342 e. The third-order valence-corrected chi connectivity index (χ3v) is 4.39. The van der Waals surface area contributed by atoms with Crippen LogP contribution in [-0.2, 0) is 18.4 Å². The molecule has 0 saturated carbocycles. The highest BCUT2D eigenvalue weighted by atomic mass is 16.1. The van der Waals surface area contributed by atoms with E-state index in [-0.39, 0.29) is 17.4 Å². The number of hydrogen-bond acceptors (Lipinski definition) is 3. The predicted molar refractivity (Wildman–Crippen MR) is 89.4 cm³/mol. The van der Waals surface area contributed by atoms with E-state index in [1.165, 1.54) is 5.56 Å². The Morgan fingerprint density at radius 3 is 2.57 bits per heavy atom. The van der Waals surface area contributed by atoms with Crippen LogP contribution in [0.4, 0.5) is 0 Å². The Labute approximate surface area is 137 Å². The molecule has 0 radical (unpaired) electrons. The van der Waals surface area contributed by atoms with Crippen molar-refractivity contribution in [3.8, 4) is 0 Å². The monoisotopic (exact) mass is 312 g/mol. The van der Waals surface area contributed by atoms with Crippen molar-refractivity contribution in [2.24, 2.45) is 0 Å². The van der Waals surface area contributed by atoms with Crippen molar-refractivity contribution >= 4 is 5.91 Å². The van der Waals surface area contributed by atoms with Gasteiger partial charge < -0.3 is 9.88 Å². The fraction of sp³-hybridized carbons (Fsp3) is 0.500. The van der Waals surface area contributed by atoms with Crippen LogP contribution in [0.5, 0.6) is 0 Å². The number of carbonyl (C=O) groups is 1. The van der Waals surface area contributed by atoms with E-state index in [0.717, 1.165) is 31.0 Å². The Balaban J connectivity index is 1.71. The van der Waals surface area contributed by atoms with Crippen LogP contribution in [0, 0.1) is 0 Å². The number of carbonyl (C=O) groups excluding carboxylic acids is 1. The van der Waals surface area contributed by atoms with Gasteiger partial charge in [-0.2, -0.15) is 0 Å². The van der Waals surface area contributed by atoms with Gasteiger partial charge in [-0.15, -0.1) is 10.2 Å². The smallest absolute Gasteiger partial charge is 0.251 e. The first-order valence-corrected chi connectivity index (χ1v) is 8.19. The van der Waals surface area contributed by atoms with Gasteiger partial charge in [0.1, 0.15) is 5.82 Å². The van der Waals surface area contributed by atoms with Gasteiger partial charge in [0.2, 0.25) is 0 Å². The number of amides is 1. The van der Waals surface area contributed by atoms with Gasteiger partial charge in [0, 0.05) is 18.5 Å². The Kier molecular flexibility index (Phi) is 3.96. The van der Waals surface area contributed by atoms with Gasteiger partial charge in [-0.05, 0) is 36.5 Å². The van der Waals surface area contributed by atoms with Crippen LogP contribution in [0.25, 0.3) is 0 Å². The highest BCUT2D eigenvalue weighted by Crippen LogP contribution is 2.23. The molecule has 1 aromatic heterocycles. The SMILES string of the molecule is C[C@@H](NC(=O)c1ccc(C(C)(C)C)cc1)c1nnc2n1CCC2. The first-order valence-electron chi connectivity index (χ1n) is 8.19. The predicted octanol–water partition coefficient (Wildman–Crippen LogP) is 3.01. The zero-order chi connectivity index (χ0) is 16.6. The fourth-order valence-electron chi connectivity index (χ4n) is 2.96. The molecule has 5 nitrogen and oxygen atoms in total. The summed E-state index contributed by atoms with van der Waals surface area (Å²) >= 11 is 0. The van der Waals surface area contributed by atoms with Crippen molar-refractivity contribution in [3.05, 3.63) is 47.0 Å². The molecule has 1 amide bonds. The van der Waals surface area contributed by atoms with E-state index < -0.39 is 0 Å². The quantitative estimate of drug-likeness (QED) is 0.947. The summed E-state index contributed by atoms with van der Waals surface area (Å²) in [6, 6.07) is 7.67. The minimum Gasteiger partial charge on any atom is -0.342 e. The molecule has 1 N–H and O–H groups in total. The van der Waals surface area contributed by atoms with Crippen LogP contribution < -0.4 is 5.32 Å². The number of aryl methyl sites for hydroxylation is 1. The number of nitrogens with zero attached hydrogens (tertiary/aromatic N) is 3. The van der Waals surface area contributed by atoms with Gasteiger partial charge in [0.25, 0.3) is 5.91 Å². The number of hydrogen-bond donors (Lipinski definition) is 1. The maximum Gasteiger partial charge on any atom is 0.251 e. The second-order valence-electron chi connectivity index (χ2n) is 7.25. The van der Waals surface area contributed by atoms with Crippen molar-refractivity contribution in [1.29, 1.82) is 0 Å². The molecule has 0 aliphatic carbocycles. The van der Waals surface area contributed by atoms with Crippen LogP contribution in [0.15, 0.2) is 24.3 Å². The number of nitrogens with one attached hydrogen (secondary N) is 1. The molecule has 1 aliphatic rings. The molecule has 1 aliphatic heterocycles. The average Bonchev–Trinajstić information content (AvgIpc) is 3.09. The fourth-order valence-corrected chi connectivity index (χ4v) is 2.96. The van der Waals surface area contributed by atoms with Gasteiger partial charge in [-0.3, -0.25) is 4.79 Å². The lowest BCUT2D eigenvalue weighted by molar-refractivity contribution is 0.0937. The van der Waals surface area contributed by atoms with E-state index in [2.05, 4.69) is 40.9 Å². The standard InChI is InChI=1S/C18H24N4O/c1-12(16-21-20-15-6-5-11-22(15)16)19-17(23)13-7-9-14(10-8-13)18(2,3)4/h7-10,12H,5-6,11H2,1-4H3,(H,19,23)/t12-/m1/s1. The third-order valence-electron chi connectivity index (χ3n) is 4.39. The molecule has 2 aromatic rings. The average molecular weight is 312 g/mol. The Hall–Kier alpha value is -2.17. The first-order chi connectivity index (χ1) is 10.9. The Bertz CT molecular complexity index is 710. The summed E-state index contributed by atoms with van der Waals surface area (Å²) in [6.45, 7) is 9.39. The van der Waals surface area contributed by atoms with Crippen LogP contribution >= 0.6 is 0 Å². The zero-order valence-corrected chi connectivity index (χ0v) is 14.3. The lowest BCUT2D eigenvalue weighted by Crippen LogP contribution is -2.28. The maximum atomic E-state index is 12.4. The molecule has 3 rings (SSSR count). The molecule has 0 bridgehead atoms. The number of fused-ring (bicyclic) bond motifs is 1. The summed E-state index contributed by atoms with van der Waals surface area (Å²) in [5, 5.41) is 11.5. The van der Waals surface area contributed by atoms with E-state index in [4.69, 9.17) is 0 Å². The molecule has 0 fully saturated rings. The molecule has 0 spiro atoms. The minimum atomic E-state index is -0.149. The molecule has 1 atom stereocenters. The molecule has 1 aromatic carbocycles. The van der Waals surface area contributed by atoms with E-state index >= 15 is 0 Å². The van der Waals surface area contributed by atoms with Gasteiger partial charge >= 0.3 is 0 Å².